The first-order valence-electron chi connectivity index (χ1n) is 9.74. The summed E-state index contributed by atoms with van der Waals surface area (Å²) in [6.45, 7) is 1.95. The van der Waals surface area contributed by atoms with Gasteiger partial charge in [-0.15, -0.1) is 46.4 Å². The Morgan fingerprint density at radius 3 is 1.33 bits per heavy atom. The van der Waals surface area contributed by atoms with Gasteiger partial charge in [-0.3, -0.25) is 0 Å². The van der Waals surface area contributed by atoms with Gasteiger partial charge in [0, 0.05) is 23.7 Å². The molecule has 4 bridgehead atoms. The highest BCUT2D eigenvalue weighted by atomic mass is 35.5. The standard InChI is InChI=1S/C21H10Cl12/c1-5-2-3-6-7(4-5)9-11(19(29)15(25)13(23)17(9,27)21(19,32)33)10-8(6)16(26)12(22)14(24)18(10,28)20(16,30)31/h2-4,8-11H,1H3/t8?,9?,10?,11?,16-,17+,18+,19-/m1/s1. The molecular weight excluding hydrogens is 678 g/mol. The molecular formula is C21H10Cl12. The van der Waals surface area contributed by atoms with E-state index in [9.17, 15) is 0 Å². The van der Waals surface area contributed by atoms with E-state index >= 15 is 0 Å². The molecule has 0 amide bonds. The lowest BCUT2D eigenvalue weighted by Gasteiger charge is -2.52. The van der Waals surface area contributed by atoms with Crippen molar-refractivity contribution in [1.29, 1.82) is 0 Å². The van der Waals surface area contributed by atoms with Gasteiger partial charge in [-0.05, 0) is 18.1 Å². The van der Waals surface area contributed by atoms with Crippen molar-refractivity contribution in [2.24, 2.45) is 11.8 Å². The molecule has 5 aliphatic carbocycles. The number of aryl methyl sites for hydroxylation is 1. The quantitative estimate of drug-likeness (QED) is 0.238. The van der Waals surface area contributed by atoms with E-state index in [1.54, 1.807) is 0 Å². The maximum atomic E-state index is 7.29. The summed E-state index contributed by atoms with van der Waals surface area (Å²) in [5.74, 6) is -2.56. The van der Waals surface area contributed by atoms with E-state index in [1.165, 1.54) is 0 Å². The first-order valence-corrected chi connectivity index (χ1v) is 14.3. The average molecular weight is 688 g/mol. The molecule has 0 N–H and O–H groups in total. The smallest absolute Gasteiger partial charge is 0.109 e. The highest BCUT2D eigenvalue weighted by Gasteiger charge is 2.91. The third-order valence-electron chi connectivity index (χ3n) is 8.28. The van der Waals surface area contributed by atoms with Crippen LogP contribution in [0.4, 0.5) is 0 Å². The summed E-state index contributed by atoms with van der Waals surface area (Å²) in [5, 5.41) is 0.281. The monoisotopic (exact) mass is 682 g/mol. The number of hydrogen-bond acceptors (Lipinski definition) is 0. The summed E-state index contributed by atoms with van der Waals surface area (Å²) in [6, 6.07) is 5.85. The molecule has 8 atom stereocenters. The van der Waals surface area contributed by atoms with E-state index in [0.29, 0.717) is 0 Å². The number of alkyl halides is 8. The lowest BCUT2D eigenvalue weighted by molar-refractivity contribution is 0.201. The summed E-state index contributed by atoms with van der Waals surface area (Å²) in [7, 11) is 0. The largest absolute Gasteiger partial charge is 0.167 e. The second-order valence-corrected chi connectivity index (χ2v) is 15.9. The second-order valence-electron chi connectivity index (χ2n) is 9.39. The summed E-state index contributed by atoms with van der Waals surface area (Å²) in [5.41, 5.74) is 2.58. The Morgan fingerprint density at radius 2 is 0.909 bits per heavy atom. The van der Waals surface area contributed by atoms with Crippen molar-refractivity contribution >= 4 is 139 Å². The van der Waals surface area contributed by atoms with Crippen LogP contribution in [0, 0.1) is 18.8 Å². The highest BCUT2D eigenvalue weighted by molar-refractivity contribution is 6.67. The van der Waals surface area contributed by atoms with E-state index in [-0.39, 0.29) is 20.1 Å². The summed E-state index contributed by atoms with van der Waals surface area (Å²) in [4.78, 5) is -6.35. The van der Waals surface area contributed by atoms with Crippen LogP contribution in [0.2, 0.25) is 0 Å². The van der Waals surface area contributed by atoms with Crippen LogP contribution in [-0.4, -0.2) is 28.2 Å². The van der Waals surface area contributed by atoms with Gasteiger partial charge < -0.3 is 0 Å². The Hall–Kier alpha value is 2.18. The fourth-order valence-electron chi connectivity index (χ4n) is 7.02. The Balaban J connectivity index is 1.79. The molecule has 12 heteroatoms. The zero-order chi connectivity index (χ0) is 24.5. The van der Waals surface area contributed by atoms with Crippen molar-refractivity contribution in [2.45, 2.75) is 46.9 Å². The number of rotatable bonds is 0. The Kier molecular flexibility index (Phi) is 5.28. The third kappa shape index (κ3) is 2.19. The van der Waals surface area contributed by atoms with Gasteiger partial charge >= 0.3 is 0 Å². The minimum Gasteiger partial charge on any atom is -0.109 e. The summed E-state index contributed by atoms with van der Waals surface area (Å²) < 4.78 is -3.61. The molecule has 6 rings (SSSR count). The van der Waals surface area contributed by atoms with Crippen LogP contribution in [0.25, 0.3) is 0 Å². The van der Waals surface area contributed by atoms with E-state index in [4.69, 9.17) is 139 Å². The average Bonchev–Trinajstić information content (AvgIpc) is 3.08. The van der Waals surface area contributed by atoms with Crippen molar-refractivity contribution in [3.63, 3.8) is 0 Å². The van der Waals surface area contributed by atoms with Crippen LogP contribution in [0.15, 0.2) is 38.3 Å². The van der Waals surface area contributed by atoms with Gasteiger partial charge in [0.1, 0.15) is 19.5 Å². The van der Waals surface area contributed by atoms with Crippen LogP contribution in [0.3, 0.4) is 0 Å². The number of benzene rings is 1. The van der Waals surface area contributed by atoms with Gasteiger partial charge in [-0.2, -0.15) is 0 Å². The van der Waals surface area contributed by atoms with E-state index in [0.717, 1.165) is 16.7 Å². The molecule has 1 aromatic carbocycles. The van der Waals surface area contributed by atoms with E-state index in [2.05, 4.69) is 0 Å². The molecule has 0 spiro atoms. The van der Waals surface area contributed by atoms with Crippen molar-refractivity contribution in [1.82, 2.24) is 0 Å². The van der Waals surface area contributed by atoms with E-state index < -0.39 is 51.8 Å². The molecule has 0 saturated heterocycles. The number of halogens is 12. The molecule has 5 aliphatic rings. The predicted octanol–water partition coefficient (Wildman–Crippen LogP) is 10.1. The minimum atomic E-state index is -1.81. The lowest BCUT2D eigenvalue weighted by atomic mass is 9.57. The number of allylic oxidation sites excluding steroid dienone is 4. The zero-order valence-electron chi connectivity index (χ0n) is 16.1. The predicted molar refractivity (Wildman–Crippen MR) is 144 cm³/mol. The summed E-state index contributed by atoms with van der Waals surface area (Å²) in [6.07, 6.45) is 0. The Bertz CT molecular complexity index is 1230. The molecule has 0 aliphatic heterocycles. The zero-order valence-corrected chi connectivity index (χ0v) is 25.1. The van der Waals surface area contributed by atoms with Gasteiger partial charge in [0.25, 0.3) is 0 Å². The van der Waals surface area contributed by atoms with E-state index in [1.807, 2.05) is 25.1 Å². The van der Waals surface area contributed by atoms with Gasteiger partial charge in [-0.25, -0.2) is 0 Å². The van der Waals surface area contributed by atoms with Crippen molar-refractivity contribution < 1.29 is 0 Å². The topological polar surface area (TPSA) is 0 Å². The fourth-order valence-corrected chi connectivity index (χ4v) is 13.1. The molecule has 178 valence electrons. The molecule has 2 saturated carbocycles. The Labute approximate surface area is 250 Å². The molecule has 33 heavy (non-hydrogen) atoms. The lowest BCUT2D eigenvalue weighted by Crippen LogP contribution is -2.53. The molecule has 1 aromatic rings. The van der Waals surface area contributed by atoms with Crippen LogP contribution in [0.5, 0.6) is 0 Å². The van der Waals surface area contributed by atoms with Crippen molar-refractivity contribution in [3.05, 3.63) is 55.0 Å². The highest BCUT2D eigenvalue weighted by Crippen LogP contribution is 2.88. The Morgan fingerprint density at radius 1 is 0.545 bits per heavy atom. The van der Waals surface area contributed by atoms with Crippen LogP contribution >= 0.6 is 139 Å². The normalized spacial score (nSPS) is 50.1. The SMILES string of the molecule is Cc1ccc2c(c1)C1C(C3C2[C@@]2(Cl)C(Cl)=C(Cl)[C@]3(Cl)C2(Cl)Cl)[C@@]2(Cl)C(Cl)=C(Cl)[C@]1(Cl)C2(Cl)Cl. The minimum absolute atomic E-state index is 0.0500. The van der Waals surface area contributed by atoms with Crippen LogP contribution in [0.1, 0.15) is 28.5 Å². The van der Waals surface area contributed by atoms with Crippen LogP contribution in [-0.2, 0) is 0 Å². The number of fused-ring (bicyclic) bond motifs is 14. The third-order valence-corrected chi connectivity index (χ3v) is 16.8. The molecule has 0 aromatic heterocycles. The molecule has 4 unspecified atom stereocenters. The molecule has 0 nitrogen and oxygen atoms in total. The van der Waals surface area contributed by atoms with Crippen LogP contribution < -0.4 is 0 Å². The molecule has 2 fully saturated rings. The summed E-state index contributed by atoms with van der Waals surface area (Å²) >= 11 is 83.7. The van der Waals surface area contributed by atoms with Gasteiger partial charge in [0.2, 0.25) is 0 Å². The van der Waals surface area contributed by atoms with Crippen molar-refractivity contribution in [3.8, 4) is 0 Å². The van der Waals surface area contributed by atoms with Gasteiger partial charge in [0.05, 0.1) is 20.1 Å². The maximum Gasteiger partial charge on any atom is 0.167 e. The van der Waals surface area contributed by atoms with Gasteiger partial charge in [-0.1, -0.05) is 117 Å². The van der Waals surface area contributed by atoms with Gasteiger partial charge in [0.15, 0.2) is 8.67 Å². The second kappa shape index (κ2) is 6.84. The first kappa shape index (κ1) is 25.5. The van der Waals surface area contributed by atoms with Crippen molar-refractivity contribution in [2.75, 3.05) is 0 Å². The molecule has 0 heterocycles. The maximum absolute atomic E-state index is 7.29. The fraction of sp³-hybridized carbons (Fsp3) is 0.524. The number of hydrogen-bond donors (Lipinski definition) is 0. The molecule has 0 radical (unpaired) electrons. The first-order chi connectivity index (χ1) is 15.0.